The van der Waals surface area contributed by atoms with E-state index in [1.165, 1.54) is 0 Å². The Morgan fingerprint density at radius 3 is 1.83 bits per heavy atom. The van der Waals surface area contributed by atoms with Crippen molar-refractivity contribution in [2.45, 2.75) is 24.0 Å². The van der Waals surface area contributed by atoms with Gasteiger partial charge in [0.25, 0.3) is 0 Å². The Balaban J connectivity index is 1.60. The summed E-state index contributed by atoms with van der Waals surface area (Å²) in [6.45, 7) is 0.404. The Labute approximate surface area is 209 Å². The number of hydrogen-bond donors (Lipinski definition) is 2. The average Bonchev–Trinajstić information content (AvgIpc) is 3.34. The first-order chi connectivity index (χ1) is 17.1. The second-order valence-electron chi connectivity index (χ2n) is 8.09. The van der Waals surface area contributed by atoms with Gasteiger partial charge in [0, 0.05) is 25.6 Å². The van der Waals surface area contributed by atoms with Crippen molar-refractivity contribution in [2.75, 3.05) is 6.54 Å². The molecule has 35 heavy (non-hydrogen) atoms. The molecule has 0 saturated heterocycles. The summed E-state index contributed by atoms with van der Waals surface area (Å²) >= 11 is 1.67. The molecule has 0 aliphatic heterocycles. The highest BCUT2D eigenvalue weighted by atomic mass is 32.2. The molecule has 0 aliphatic rings. The lowest BCUT2D eigenvalue weighted by atomic mass is 9.84. The summed E-state index contributed by atoms with van der Waals surface area (Å²) in [7, 11) is 0. The lowest BCUT2D eigenvalue weighted by Crippen LogP contribution is -2.27. The van der Waals surface area contributed by atoms with Crippen molar-refractivity contribution in [3.63, 3.8) is 0 Å². The van der Waals surface area contributed by atoms with Crippen molar-refractivity contribution in [2.24, 2.45) is 0 Å². The highest BCUT2D eigenvalue weighted by Crippen LogP contribution is 2.48. The molecule has 1 aromatic heterocycles. The SMILES string of the molecule is O=C(O)CCC(=O)NCCc1cn(SC(c2ccccc2)(c2ccccc2)c2ccccc2)cn1. The summed E-state index contributed by atoms with van der Waals surface area (Å²) in [6, 6.07) is 31.3. The molecular weight excluding hydrogens is 458 g/mol. The molecule has 0 aliphatic carbocycles. The van der Waals surface area contributed by atoms with E-state index in [2.05, 4.69) is 83.1 Å². The van der Waals surface area contributed by atoms with Gasteiger partial charge in [0.1, 0.15) is 11.1 Å². The van der Waals surface area contributed by atoms with E-state index in [-0.39, 0.29) is 18.7 Å². The molecule has 4 rings (SSSR count). The van der Waals surface area contributed by atoms with Crippen LogP contribution in [0.4, 0.5) is 0 Å². The number of carboxylic acids is 1. The number of rotatable bonds is 11. The molecule has 0 atom stereocenters. The average molecular weight is 486 g/mol. The Bertz CT molecular complexity index is 1150. The molecule has 7 heteroatoms. The minimum Gasteiger partial charge on any atom is -0.481 e. The summed E-state index contributed by atoms with van der Waals surface area (Å²) in [5.41, 5.74) is 4.31. The van der Waals surface area contributed by atoms with E-state index in [1.54, 1.807) is 18.3 Å². The number of hydrogen-bond acceptors (Lipinski definition) is 4. The molecule has 6 nitrogen and oxygen atoms in total. The molecular formula is C28H27N3O3S. The summed E-state index contributed by atoms with van der Waals surface area (Å²) in [6.07, 6.45) is 4.15. The Morgan fingerprint density at radius 1 is 0.829 bits per heavy atom. The number of amides is 1. The number of imidazole rings is 1. The standard InChI is InChI=1S/C28H27N3O3S/c32-26(16-17-27(33)34)29-19-18-25-20-31(21-30-25)35-28(22-10-4-1-5-11-22,23-12-6-2-7-13-23)24-14-8-3-9-15-24/h1-15,20-21H,16-19H2,(H,29,32)(H,33,34). The number of nitrogens with one attached hydrogen (secondary N) is 1. The Morgan fingerprint density at radius 2 is 1.34 bits per heavy atom. The van der Waals surface area contributed by atoms with Gasteiger partial charge in [-0.1, -0.05) is 91.0 Å². The first-order valence-electron chi connectivity index (χ1n) is 11.5. The van der Waals surface area contributed by atoms with Crippen molar-refractivity contribution in [3.8, 4) is 0 Å². The van der Waals surface area contributed by atoms with Crippen LogP contribution < -0.4 is 5.32 Å². The van der Waals surface area contributed by atoms with Crippen molar-refractivity contribution in [3.05, 3.63) is 126 Å². The quantitative estimate of drug-likeness (QED) is 0.295. The maximum Gasteiger partial charge on any atom is 0.303 e. The van der Waals surface area contributed by atoms with E-state index in [9.17, 15) is 9.59 Å². The van der Waals surface area contributed by atoms with E-state index in [0.717, 1.165) is 22.4 Å². The molecule has 0 saturated carbocycles. The molecule has 3 aromatic carbocycles. The lowest BCUT2D eigenvalue weighted by Gasteiger charge is -2.35. The normalized spacial score (nSPS) is 11.2. The van der Waals surface area contributed by atoms with Crippen LogP contribution in [0.15, 0.2) is 104 Å². The number of nitrogens with zero attached hydrogens (tertiary/aromatic N) is 2. The molecule has 0 radical (unpaired) electrons. The smallest absolute Gasteiger partial charge is 0.303 e. The fourth-order valence-electron chi connectivity index (χ4n) is 4.00. The number of carbonyl (C=O) groups excluding carboxylic acids is 1. The van der Waals surface area contributed by atoms with Gasteiger partial charge in [0.2, 0.25) is 5.91 Å². The van der Waals surface area contributed by atoms with Crippen LogP contribution in [0, 0.1) is 0 Å². The van der Waals surface area contributed by atoms with Crippen molar-refractivity contribution in [1.82, 2.24) is 14.3 Å². The molecule has 0 spiro atoms. The molecule has 4 aromatic rings. The summed E-state index contributed by atoms with van der Waals surface area (Å²) in [5.74, 6) is -1.24. The van der Waals surface area contributed by atoms with Crippen LogP contribution in [0.5, 0.6) is 0 Å². The van der Waals surface area contributed by atoms with E-state index in [4.69, 9.17) is 5.11 Å². The first-order valence-corrected chi connectivity index (χ1v) is 12.2. The van der Waals surface area contributed by atoms with Crippen molar-refractivity contribution in [1.29, 1.82) is 0 Å². The van der Waals surface area contributed by atoms with Gasteiger partial charge >= 0.3 is 5.97 Å². The van der Waals surface area contributed by atoms with E-state index in [0.29, 0.717) is 13.0 Å². The fourth-order valence-corrected chi connectivity index (χ4v) is 5.31. The third-order valence-electron chi connectivity index (χ3n) is 5.67. The topological polar surface area (TPSA) is 84.2 Å². The van der Waals surface area contributed by atoms with E-state index in [1.807, 2.05) is 28.4 Å². The van der Waals surface area contributed by atoms with Gasteiger partial charge in [-0.15, -0.1) is 0 Å². The summed E-state index contributed by atoms with van der Waals surface area (Å²) in [5, 5.41) is 11.5. The third kappa shape index (κ3) is 6.00. The minimum absolute atomic E-state index is 0.0205. The van der Waals surface area contributed by atoms with Crippen LogP contribution >= 0.6 is 11.9 Å². The van der Waals surface area contributed by atoms with Gasteiger partial charge < -0.3 is 10.4 Å². The van der Waals surface area contributed by atoms with Gasteiger partial charge in [0.15, 0.2) is 0 Å². The Kier molecular flexibility index (Phi) is 8.00. The molecule has 1 heterocycles. The predicted molar refractivity (Wildman–Crippen MR) is 138 cm³/mol. The number of benzene rings is 3. The first kappa shape index (κ1) is 24.3. The number of aromatic nitrogens is 2. The van der Waals surface area contributed by atoms with Gasteiger partial charge in [-0.25, -0.2) is 4.98 Å². The molecule has 1 amide bonds. The second kappa shape index (κ2) is 11.5. The molecule has 0 unspecified atom stereocenters. The zero-order valence-electron chi connectivity index (χ0n) is 19.2. The Hall–Kier alpha value is -3.84. The lowest BCUT2D eigenvalue weighted by molar-refractivity contribution is -0.138. The van der Waals surface area contributed by atoms with Gasteiger partial charge in [0.05, 0.1) is 12.1 Å². The molecule has 2 N–H and O–H groups in total. The monoisotopic (exact) mass is 485 g/mol. The highest BCUT2D eigenvalue weighted by molar-refractivity contribution is 7.99. The van der Waals surface area contributed by atoms with Crippen molar-refractivity contribution < 1.29 is 14.7 Å². The largest absolute Gasteiger partial charge is 0.481 e. The molecule has 178 valence electrons. The van der Waals surface area contributed by atoms with Crippen LogP contribution in [0.2, 0.25) is 0 Å². The van der Waals surface area contributed by atoms with Crippen LogP contribution in [0.3, 0.4) is 0 Å². The van der Waals surface area contributed by atoms with Crippen LogP contribution in [-0.2, 0) is 20.8 Å². The van der Waals surface area contributed by atoms with Gasteiger partial charge in [-0.3, -0.25) is 13.6 Å². The summed E-state index contributed by atoms with van der Waals surface area (Å²) in [4.78, 5) is 27.0. The van der Waals surface area contributed by atoms with Crippen LogP contribution in [0.25, 0.3) is 0 Å². The maximum absolute atomic E-state index is 11.8. The second-order valence-corrected chi connectivity index (χ2v) is 9.31. The molecule has 0 fully saturated rings. The zero-order chi connectivity index (χ0) is 24.5. The fraction of sp³-hybridized carbons (Fsp3) is 0.179. The maximum atomic E-state index is 11.8. The number of carboxylic acid groups (broad SMARTS) is 1. The molecule has 0 bridgehead atoms. The summed E-state index contributed by atoms with van der Waals surface area (Å²) < 4.78 is 1.52. The predicted octanol–water partition coefficient (Wildman–Crippen LogP) is 4.90. The zero-order valence-corrected chi connectivity index (χ0v) is 20.0. The number of aliphatic carboxylic acids is 1. The van der Waals surface area contributed by atoms with E-state index >= 15 is 0 Å². The van der Waals surface area contributed by atoms with Crippen LogP contribution in [-0.4, -0.2) is 32.5 Å². The highest BCUT2D eigenvalue weighted by Gasteiger charge is 2.38. The minimum atomic E-state index is -0.977. The van der Waals surface area contributed by atoms with Gasteiger partial charge in [-0.2, -0.15) is 0 Å². The van der Waals surface area contributed by atoms with E-state index < -0.39 is 10.7 Å². The third-order valence-corrected chi connectivity index (χ3v) is 7.06. The number of carbonyl (C=O) groups is 2. The van der Waals surface area contributed by atoms with Gasteiger partial charge in [-0.05, 0) is 28.6 Å². The van der Waals surface area contributed by atoms with Crippen molar-refractivity contribution >= 4 is 23.8 Å². The van der Waals surface area contributed by atoms with Crippen LogP contribution in [0.1, 0.15) is 35.2 Å².